The highest BCUT2D eigenvalue weighted by molar-refractivity contribution is 8.15. The van der Waals surface area contributed by atoms with E-state index in [2.05, 4.69) is 15.6 Å². The van der Waals surface area contributed by atoms with Gasteiger partial charge in [-0.2, -0.15) is 0 Å². The summed E-state index contributed by atoms with van der Waals surface area (Å²) in [5.41, 5.74) is 1.63. The van der Waals surface area contributed by atoms with Crippen molar-refractivity contribution in [1.29, 1.82) is 0 Å². The van der Waals surface area contributed by atoms with E-state index < -0.39 is 5.25 Å². The van der Waals surface area contributed by atoms with E-state index in [1.54, 1.807) is 25.3 Å². The Balaban J connectivity index is 1.60. The van der Waals surface area contributed by atoms with E-state index in [1.165, 1.54) is 18.9 Å². The zero-order valence-corrected chi connectivity index (χ0v) is 17.3. The SMILES string of the molecule is COc1ccc(NC(=O)C[C@@H]2SC(=N[C@H](C)c3ccccc3)NC2=O)cc1OC. The molecule has 1 heterocycles. The molecule has 2 atom stereocenters. The maximum Gasteiger partial charge on any atom is 0.240 e. The number of aliphatic imine (C=N–C) groups is 1. The minimum atomic E-state index is -0.517. The van der Waals surface area contributed by atoms with Gasteiger partial charge in [0.25, 0.3) is 0 Å². The summed E-state index contributed by atoms with van der Waals surface area (Å²) in [6.07, 6.45) is 0.0452. The standard InChI is InChI=1S/C21H23N3O4S/c1-13(14-7-5-4-6-8-14)22-21-24-20(26)18(29-21)12-19(25)23-15-9-10-16(27-2)17(11-15)28-3/h4-11,13,18H,12H2,1-3H3,(H,23,25)(H,22,24,26)/t13-,18+/m1/s1. The minimum Gasteiger partial charge on any atom is -0.493 e. The molecule has 0 spiro atoms. The molecule has 0 bridgehead atoms. The van der Waals surface area contributed by atoms with Crippen molar-refractivity contribution in [3.8, 4) is 11.5 Å². The Morgan fingerprint density at radius 3 is 2.59 bits per heavy atom. The van der Waals surface area contributed by atoms with Crippen molar-refractivity contribution in [2.45, 2.75) is 24.6 Å². The molecule has 1 fully saturated rings. The summed E-state index contributed by atoms with van der Waals surface area (Å²) < 4.78 is 10.4. The Hall–Kier alpha value is -3.00. The number of hydrogen-bond acceptors (Lipinski definition) is 6. The lowest BCUT2D eigenvalue weighted by atomic mass is 10.1. The van der Waals surface area contributed by atoms with Crippen LogP contribution in [0.1, 0.15) is 24.9 Å². The molecule has 0 aromatic heterocycles. The number of rotatable bonds is 7. The summed E-state index contributed by atoms with van der Waals surface area (Å²) in [6, 6.07) is 14.8. The van der Waals surface area contributed by atoms with Gasteiger partial charge in [0, 0.05) is 18.2 Å². The van der Waals surface area contributed by atoms with Crippen molar-refractivity contribution in [1.82, 2.24) is 5.32 Å². The molecule has 1 aliphatic rings. The highest BCUT2D eigenvalue weighted by Crippen LogP contribution is 2.30. The normalized spacial score (nSPS) is 18.2. The summed E-state index contributed by atoms with van der Waals surface area (Å²) in [7, 11) is 3.07. The Kier molecular flexibility index (Phi) is 6.77. The van der Waals surface area contributed by atoms with Gasteiger partial charge in [0.2, 0.25) is 11.8 Å². The molecule has 2 amide bonds. The zero-order chi connectivity index (χ0) is 20.8. The Morgan fingerprint density at radius 2 is 1.90 bits per heavy atom. The largest absolute Gasteiger partial charge is 0.493 e. The Bertz CT molecular complexity index is 917. The Morgan fingerprint density at radius 1 is 1.17 bits per heavy atom. The number of amidine groups is 1. The summed E-state index contributed by atoms with van der Waals surface area (Å²) in [5.74, 6) is 0.617. The predicted octanol–water partition coefficient (Wildman–Crippen LogP) is 3.38. The second-order valence-corrected chi connectivity index (χ2v) is 7.63. The van der Waals surface area contributed by atoms with Crippen molar-refractivity contribution < 1.29 is 19.1 Å². The Labute approximate surface area is 173 Å². The highest BCUT2D eigenvalue weighted by Gasteiger charge is 2.32. The van der Waals surface area contributed by atoms with E-state index in [4.69, 9.17) is 9.47 Å². The van der Waals surface area contributed by atoms with Gasteiger partial charge in [-0.3, -0.25) is 14.6 Å². The molecule has 3 rings (SSSR count). The van der Waals surface area contributed by atoms with Gasteiger partial charge in [0.15, 0.2) is 16.7 Å². The first-order valence-electron chi connectivity index (χ1n) is 9.12. The van der Waals surface area contributed by atoms with Gasteiger partial charge >= 0.3 is 0 Å². The molecule has 0 radical (unpaired) electrons. The lowest BCUT2D eigenvalue weighted by Gasteiger charge is -2.11. The summed E-state index contributed by atoms with van der Waals surface area (Å²) >= 11 is 1.28. The molecular weight excluding hydrogens is 390 g/mol. The van der Waals surface area contributed by atoms with Gasteiger partial charge in [-0.05, 0) is 24.6 Å². The number of ether oxygens (including phenoxy) is 2. The third-order valence-electron chi connectivity index (χ3n) is 4.41. The van der Waals surface area contributed by atoms with Crippen LogP contribution in [-0.2, 0) is 9.59 Å². The maximum absolute atomic E-state index is 12.4. The van der Waals surface area contributed by atoms with E-state index in [0.29, 0.717) is 22.4 Å². The predicted molar refractivity (Wildman–Crippen MR) is 115 cm³/mol. The van der Waals surface area contributed by atoms with Crippen molar-refractivity contribution in [2.75, 3.05) is 19.5 Å². The van der Waals surface area contributed by atoms with E-state index in [1.807, 2.05) is 37.3 Å². The molecule has 2 aromatic rings. The number of carbonyl (C=O) groups is 2. The number of nitrogens with zero attached hydrogens (tertiary/aromatic N) is 1. The van der Waals surface area contributed by atoms with E-state index in [0.717, 1.165) is 5.56 Å². The lowest BCUT2D eigenvalue weighted by Crippen LogP contribution is -2.28. The fourth-order valence-electron chi connectivity index (χ4n) is 2.88. The number of methoxy groups -OCH3 is 2. The van der Waals surface area contributed by atoms with Crippen LogP contribution in [0.15, 0.2) is 53.5 Å². The van der Waals surface area contributed by atoms with Gasteiger partial charge in [0.05, 0.1) is 20.3 Å². The molecule has 1 saturated heterocycles. The average molecular weight is 413 g/mol. The maximum atomic E-state index is 12.4. The van der Waals surface area contributed by atoms with Crippen LogP contribution in [0, 0.1) is 0 Å². The number of benzene rings is 2. The number of amides is 2. The third kappa shape index (κ3) is 5.29. The molecule has 0 unspecified atom stereocenters. The van der Waals surface area contributed by atoms with Crippen molar-refractivity contribution in [3.63, 3.8) is 0 Å². The fourth-order valence-corrected chi connectivity index (χ4v) is 3.93. The molecule has 7 nitrogen and oxygen atoms in total. The molecule has 2 aromatic carbocycles. The number of nitrogens with one attached hydrogen (secondary N) is 2. The first kappa shape index (κ1) is 20.7. The van der Waals surface area contributed by atoms with Crippen LogP contribution < -0.4 is 20.1 Å². The van der Waals surface area contributed by atoms with Gasteiger partial charge in [-0.1, -0.05) is 42.1 Å². The fraction of sp³-hybridized carbons (Fsp3) is 0.286. The molecular formula is C21H23N3O4S. The molecule has 29 heavy (non-hydrogen) atoms. The first-order chi connectivity index (χ1) is 14.0. The van der Waals surface area contributed by atoms with Crippen molar-refractivity contribution in [2.24, 2.45) is 4.99 Å². The van der Waals surface area contributed by atoms with Crippen LogP contribution in [0.3, 0.4) is 0 Å². The third-order valence-corrected chi connectivity index (χ3v) is 5.50. The zero-order valence-electron chi connectivity index (χ0n) is 16.5. The van der Waals surface area contributed by atoms with E-state index >= 15 is 0 Å². The number of carbonyl (C=O) groups excluding carboxylic acids is 2. The lowest BCUT2D eigenvalue weighted by molar-refractivity contribution is -0.122. The molecule has 0 saturated carbocycles. The molecule has 1 aliphatic heterocycles. The smallest absolute Gasteiger partial charge is 0.240 e. The summed E-state index contributed by atoms with van der Waals surface area (Å²) in [6.45, 7) is 1.96. The van der Waals surface area contributed by atoms with Crippen LogP contribution in [0.25, 0.3) is 0 Å². The van der Waals surface area contributed by atoms with Crippen LogP contribution in [0.4, 0.5) is 5.69 Å². The molecule has 0 aliphatic carbocycles. The number of thioether (sulfide) groups is 1. The summed E-state index contributed by atoms with van der Waals surface area (Å²) in [5, 5.41) is 5.57. The van der Waals surface area contributed by atoms with Crippen LogP contribution in [0.5, 0.6) is 11.5 Å². The van der Waals surface area contributed by atoms with Crippen molar-refractivity contribution in [3.05, 3.63) is 54.1 Å². The second kappa shape index (κ2) is 9.47. The van der Waals surface area contributed by atoms with Gasteiger partial charge in [0.1, 0.15) is 5.25 Å². The van der Waals surface area contributed by atoms with Crippen molar-refractivity contribution >= 4 is 34.4 Å². The van der Waals surface area contributed by atoms with E-state index in [9.17, 15) is 9.59 Å². The molecule has 152 valence electrons. The highest BCUT2D eigenvalue weighted by atomic mass is 32.2. The van der Waals surface area contributed by atoms with Gasteiger partial charge in [-0.15, -0.1) is 0 Å². The first-order valence-corrected chi connectivity index (χ1v) is 10.00. The van der Waals surface area contributed by atoms with Gasteiger partial charge < -0.3 is 20.1 Å². The average Bonchev–Trinajstić information content (AvgIpc) is 3.06. The molecule has 2 N–H and O–H groups in total. The second-order valence-electron chi connectivity index (χ2n) is 6.44. The summed E-state index contributed by atoms with van der Waals surface area (Å²) in [4.78, 5) is 29.2. The van der Waals surface area contributed by atoms with Crippen LogP contribution in [0.2, 0.25) is 0 Å². The topological polar surface area (TPSA) is 89.0 Å². The number of anilines is 1. The minimum absolute atomic E-state index is 0.0452. The van der Waals surface area contributed by atoms with Crippen LogP contribution >= 0.6 is 11.8 Å². The molecule has 8 heteroatoms. The quantitative estimate of drug-likeness (QED) is 0.726. The number of hydrogen-bond donors (Lipinski definition) is 2. The van der Waals surface area contributed by atoms with Crippen LogP contribution in [-0.4, -0.2) is 36.5 Å². The van der Waals surface area contributed by atoms with Gasteiger partial charge in [-0.25, -0.2) is 0 Å². The van der Waals surface area contributed by atoms with E-state index in [-0.39, 0.29) is 24.3 Å². The monoisotopic (exact) mass is 413 g/mol.